The average Bonchev–Trinajstić information content (AvgIpc) is 2.75. The number of aromatic amines is 1. The fourth-order valence-corrected chi connectivity index (χ4v) is 3.79. The fourth-order valence-electron chi connectivity index (χ4n) is 3.57. The zero-order valence-electron chi connectivity index (χ0n) is 16.5. The number of aromatic nitrogens is 3. The summed E-state index contributed by atoms with van der Waals surface area (Å²) >= 11 is 6.35. The number of para-hydroxylation sites is 1. The molecule has 4 rings (SSSR count). The van der Waals surface area contributed by atoms with Crippen LogP contribution in [0, 0.1) is 0 Å². The van der Waals surface area contributed by atoms with E-state index >= 15 is 0 Å². The largest absolute Gasteiger partial charge is 0.309 e. The van der Waals surface area contributed by atoms with E-state index < -0.39 is 0 Å². The van der Waals surface area contributed by atoms with Gasteiger partial charge in [0.15, 0.2) is 0 Å². The van der Waals surface area contributed by atoms with Gasteiger partial charge in [-0.3, -0.25) is 14.7 Å². The molecule has 29 heavy (non-hydrogen) atoms. The summed E-state index contributed by atoms with van der Waals surface area (Å²) in [7, 11) is 0. The molecule has 1 atom stereocenters. The van der Waals surface area contributed by atoms with Gasteiger partial charge in [-0.1, -0.05) is 36.7 Å². The second-order valence-corrected chi connectivity index (χ2v) is 7.71. The monoisotopic (exact) mass is 406 g/mol. The van der Waals surface area contributed by atoms with E-state index in [1.54, 1.807) is 12.3 Å². The lowest BCUT2D eigenvalue weighted by molar-refractivity contribution is 0.182. The number of H-pyrrole nitrogens is 1. The molecule has 0 amide bonds. The number of pyridine rings is 1. The van der Waals surface area contributed by atoms with Crippen LogP contribution in [-0.4, -0.2) is 25.9 Å². The van der Waals surface area contributed by atoms with Gasteiger partial charge in [-0.05, 0) is 49.2 Å². The number of benzene rings is 2. The fraction of sp³-hybridized carbons (Fsp3) is 0.261. The minimum atomic E-state index is -0.103. The van der Waals surface area contributed by atoms with Gasteiger partial charge in [-0.2, -0.15) is 0 Å². The molecule has 0 aliphatic rings. The van der Waals surface area contributed by atoms with Crippen LogP contribution in [0.1, 0.15) is 31.7 Å². The van der Waals surface area contributed by atoms with Gasteiger partial charge in [-0.25, -0.2) is 4.98 Å². The van der Waals surface area contributed by atoms with E-state index in [0.717, 1.165) is 22.9 Å². The summed E-state index contributed by atoms with van der Waals surface area (Å²) in [6, 6.07) is 15.6. The molecule has 0 aliphatic heterocycles. The maximum Gasteiger partial charge on any atom is 0.258 e. The third-order valence-corrected chi connectivity index (χ3v) is 5.73. The Morgan fingerprint density at radius 2 is 1.86 bits per heavy atom. The maximum atomic E-state index is 12.5. The van der Waals surface area contributed by atoms with Crippen molar-refractivity contribution in [2.75, 3.05) is 0 Å². The molecule has 2 aromatic heterocycles. The van der Waals surface area contributed by atoms with E-state index in [1.807, 2.05) is 42.5 Å². The van der Waals surface area contributed by atoms with Crippen LogP contribution in [0.15, 0.2) is 59.5 Å². The van der Waals surface area contributed by atoms with Crippen molar-refractivity contribution in [3.8, 4) is 0 Å². The molecule has 0 radical (unpaired) electrons. The van der Waals surface area contributed by atoms with Crippen LogP contribution in [0.2, 0.25) is 5.02 Å². The summed E-state index contributed by atoms with van der Waals surface area (Å²) in [5.74, 6) is 0.667. The van der Waals surface area contributed by atoms with Gasteiger partial charge in [0.2, 0.25) is 0 Å². The number of rotatable bonds is 6. The summed E-state index contributed by atoms with van der Waals surface area (Å²) in [5.41, 5.74) is 2.63. The molecule has 0 saturated heterocycles. The van der Waals surface area contributed by atoms with E-state index in [0.29, 0.717) is 40.9 Å². The topological polar surface area (TPSA) is 61.9 Å². The smallest absolute Gasteiger partial charge is 0.258 e. The Morgan fingerprint density at radius 1 is 1.07 bits per heavy atom. The third kappa shape index (κ3) is 4.02. The first-order chi connectivity index (χ1) is 14.1. The zero-order chi connectivity index (χ0) is 20.4. The molecule has 0 saturated carbocycles. The van der Waals surface area contributed by atoms with Crippen LogP contribution in [0.25, 0.3) is 21.8 Å². The average molecular weight is 407 g/mol. The molecule has 2 aromatic carbocycles. The predicted molar refractivity (Wildman–Crippen MR) is 118 cm³/mol. The van der Waals surface area contributed by atoms with Crippen LogP contribution in [0.5, 0.6) is 0 Å². The number of nitrogens with zero attached hydrogens (tertiary/aromatic N) is 3. The highest BCUT2D eigenvalue weighted by Gasteiger charge is 2.17. The van der Waals surface area contributed by atoms with Crippen molar-refractivity contribution in [3.05, 3.63) is 81.5 Å². The van der Waals surface area contributed by atoms with Crippen LogP contribution < -0.4 is 5.56 Å². The quantitative estimate of drug-likeness (QED) is 0.493. The van der Waals surface area contributed by atoms with Crippen molar-refractivity contribution in [1.29, 1.82) is 0 Å². The molecule has 4 aromatic rings. The van der Waals surface area contributed by atoms with E-state index in [1.165, 1.54) is 0 Å². The van der Waals surface area contributed by atoms with Gasteiger partial charge in [0, 0.05) is 29.2 Å². The van der Waals surface area contributed by atoms with Crippen molar-refractivity contribution in [1.82, 2.24) is 19.9 Å². The molecule has 2 heterocycles. The molecule has 1 N–H and O–H groups in total. The molecule has 1 unspecified atom stereocenters. The highest BCUT2D eigenvalue weighted by Crippen LogP contribution is 2.26. The van der Waals surface area contributed by atoms with Crippen LogP contribution in [0.4, 0.5) is 0 Å². The van der Waals surface area contributed by atoms with Gasteiger partial charge in [-0.15, -0.1) is 0 Å². The summed E-state index contributed by atoms with van der Waals surface area (Å²) in [5, 5.41) is 2.26. The molecular formula is C23H23ClN4O. The number of hydrogen-bond acceptors (Lipinski definition) is 4. The lowest BCUT2D eigenvalue weighted by Crippen LogP contribution is -2.33. The standard InChI is InChI=1S/C23H23ClN4O/c1-3-15(2)28(13-16-10-11-19(24)17-8-6-12-25-22(16)17)14-21-26-20-9-5-4-7-18(20)23(29)27-21/h4-12,15H,3,13-14H2,1-2H3,(H,26,27,29). The Hall–Kier alpha value is -2.76. The minimum Gasteiger partial charge on any atom is -0.309 e. The lowest BCUT2D eigenvalue weighted by atomic mass is 10.1. The van der Waals surface area contributed by atoms with Crippen LogP contribution in [-0.2, 0) is 13.1 Å². The molecule has 0 fully saturated rings. The lowest BCUT2D eigenvalue weighted by Gasteiger charge is -2.28. The first-order valence-electron chi connectivity index (χ1n) is 9.81. The van der Waals surface area contributed by atoms with Crippen molar-refractivity contribution in [2.24, 2.45) is 0 Å². The van der Waals surface area contributed by atoms with Gasteiger partial charge in [0.25, 0.3) is 5.56 Å². The molecule has 5 nitrogen and oxygen atoms in total. The zero-order valence-corrected chi connectivity index (χ0v) is 17.3. The van der Waals surface area contributed by atoms with Gasteiger partial charge in [0.1, 0.15) is 5.82 Å². The van der Waals surface area contributed by atoms with E-state index in [2.05, 4.69) is 33.7 Å². The van der Waals surface area contributed by atoms with Crippen LogP contribution >= 0.6 is 11.6 Å². The first kappa shape index (κ1) is 19.6. The van der Waals surface area contributed by atoms with Crippen molar-refractivity contribution < 1.29 is 0 Å². The van der Waals surface area contributed by atoms with Crippen molar-refractivity contribution in [3.63, 3.8) is 0 Å². The summed E-state index contributed by atoms with van der Waals surface area (Å²) in [6.45, 7) is 5.58. The molecular weight excluding hydrogens is 384 g/mol. The Kier molecular flexibility index (Phi) is 5.60. The van der Waals surface area contributed by atoms with E-state index in [4.69, 9.17) is 11.6 Å². The molecule has 6 heteroatoms. The summed E-state index contributed by atoms with van der Waals surface area (Å²) in [6.07, 6.45) is 2.77. The highest BCUT2D eigenvalue weighted by atomic mass is 35.5. The van der Waals surface area contributed by atoms with Crippen molar-refractivity contribution >= 4 is 33.4 Å². The normalized spacial score (nSPS) is 12.7. The number of hydrogen-bond donors (Lipinski definition) is 1. The SMILES string of the molecule is CCC(C)N(Cc1nc2ccccc2c(=O)[nH]1)Cc1ccc(Cl)c2cccnc12. The molecule has 148 valence electrons. The molecule has 0 spiro atoms. The summed E-state index contributed by atoms with van der Waals surface area (Å²) < 4.78 is 0. The summed E-state index contributed by atoms with van der Waals surface area (Å²) in [4.78, 5) is 26.9. The minimum absolute atomic E-state index is 0.103. The maximum absolute atomic E-state index is 12.5. The van der Waals surface area contributed by atoms with Gasteiger partial charge in [0.05, 0.1) is 23.0 Å². The predicted octanol–water partition coefficient (Wildman–Crippen LogP) is 4.93. The Balaban J connectivity index is 1.70. The second-order valence-electron chi connectivity index (χ2n) is 7.30. The Labute approximate surface area is 174 Å². The Bertz CT molecular complexity index is 1220. The van der Waals surface area contributed by atoms with Crippen molar-refractivity contribution in [2.45, 2.75) is 39.4 Å². The van der Waals surface area contributed by atoms with E-state index in [-0.39, 0.29) is 5.56 Å². The first-order valence-corrected chi connectivity index (χ1v) is 10.2. The molecule has 0 aliphatic carbocycles. The highest BCUT2D eigenvalue weighted by molar-refractivity contribution is 6.35. The number of fused-ring (bicyclic) bond motifs is 2. The van der Waals surface area contributed by atoms with Gasteiger partial charge < -0.3 is 4.98 Å². The second kappa shape index (κ2) is 8.31. The van der Waals surface area contributed by atoms with Crippen LogP contribution in [0.3, 0.4) is 0 Å². The Morgan fingerprint density at radius 3 is 2.69 bits per heavy atom. The third-order valence-electron chi connectivity index (χ3n) is 5.40. The molecule has 0 bridgehead atoms. The van der Waals surface area contributed by atoms with Gasteiger partial charge >= 0.3 is 0 Å². The number of nitrogens with one attached hydrogen (secondary N) is 1. The van der Waals surface area contributed by atoms with E-state index in [9.17, 15) is 4.79 Å². The number of halogens is 1.